The zero-order chi connectivity index (χ0) is 14.7. The zero-order valence-electron chi connectivity index (χ0n) is 11.8. The Bertz CT molecular complexity index is 777. The molecule has 4 nitrogen and oxygen atoms in total. The first-order valence-corrected chi connectivity index (χ1v) is 6.81. The molecule has 0 fully saturated rings. The van der Waals surface area contributed by atoms with Crippen molar-refractivity contribution in [3.05, 3.63) is 60.4 Å². The van der Waals surface area contributed by atoms with E-state index in [4.69, 9.17) is 4.74 Å². The second kappa shape index (κ2) is 5.79. The van der Waals surface area contributed by atoms with Gasteiger partial charge in [0.25, 0.3) is 0 Å². The zero-order valence-corrected chi connectivity index (χ0v) is 11.8. The molecule has 0 unspecified atom stereocenters. The summed E-state index contributed by atoms with van der Waals surface area (Å²) in [5.41, 5.74) is 2.79. The van der Waals surface area contributed by atoms with E-state index in [0.717, 1.165) is 22.3 Å². The molecule has 21 heavy (non-hydrogen) atoms. The molecule has 0 aliphatic carbocycles. The first-order valence-electron chi connectivity index (χ1n) is 6.81. The van der Waals surface area contributed by atoms with E-state index in [1.165, 1.54) is 0 Å². The molecule has 0 amide bonds. The van der Waals surface area contributed by atoms with Crippen molar-refractivity contribution in [2.24, 2.45) is 0 Å². The number of carbonyl (C=O) groups excluding carboxylic acids is 1. The molecular formula is C17H16N2O2. The van der Waals surface area contributed by atoms with Crippen molar-refractivity contribution >= 4 is 16.8 Å². The van der Waals surface area contributed by atoms with Crippen LogP contribution in [0.3, 0.4) is 0 Å². The Balaban J connectivity index is 1.77. The number of imidazole rings is 1. The molecule has 0 bridgehead atoms. The Morgan fingerprint density at radius 2 is 1.90 bits per heavy atom. The summed E-state index contributed by atoms with van der Waals surface area (Å²) in [7, 11) is 1.62. The molecule has 1 aromatic heterocycles. The predicted octanol–water partition coefficient (Wildman–Crippen LogP) is 2.86. The van der Waals surface area contributed by atoms with Crippen molar-refractivity contribution in [3.63, 3.8) is 0 Å². The Kier molecular flexibility index (Phi) is 3.69. The van der Waals surface area contributed by atoms with Gasteiger partial charge in [0.2, 0.25) is 0 Å². The lowest BCUT2D eigenvalue weighted by Crippen LogP contribution is -2.12. The normalized spacial score (nSPS) is 10.7. The van der Waals surface area contributed by atoms with Crippen molar-refractivity contribution in [2.75, 3.05) is 7.11 Å². The van der Waals surface area contributed by atoms with Crippen molar-refractivity contribution in [1.29, 1.82) is 0 Å². The predicted molar refractivity (Wildman–Crippen MR) is 81.4 cm³/mol. The molecule has 0 N–H and O–H groups in total. The summed E-state index contributed by atoms with van der Waals surface area (Å²) in [5, 5.41) is 0. The number of para-hydroxylation sites is 3. The third kappa shape index (κ3) is 2.79. The molecule has 0 saturated carbocycles. The molecule has 3 aromatic rings. The van der Waals surface area contributed by atoms with Crippen molar-refractivity contribution < 1.29 is 9.53 Å². The van der Waals surface area contributed by atoms with Crippen molar-refractivity contribution in [3.8, 4) is 5.75 Å². The molecule has 0 saturated heterocycles. The first kappa shape index (κ1) is 13.4. The number of rotatable bonds is 5. The number of hydrogen-bond donors (Lipinski definition) is 0. The Morgan fingerprint density at radius 3 is 2.76 bits per heavy atom. The van der Waals surface area contributed by atoms with Crippen LogP contribution in [0.15, 0.2) is 54.9 Å². The number of fused-ring (bicyclic) bond motifs is 1. The molecule has 0 radical (unpaired) electrons. The Labute approximate surface area is 123 Å². The monoisotopic (exact) mass is 280 g/mol. The molecule has 3 rings (SSSR count). The standard InChI is InChI=1S/C17H16N2O2/c1-21-17-9-5-2-6-13(17)10-14(20)11-19-12-18-15-7-3-4-8-16(15)19/h2-9,12H,10-11H2,1H3. The number of carbonyl (C=O) groups is 1. The Hall–Kier alpha value is -2.62. The second-order valence-electron chi connectivity index (χ2n) is 4.89. The lowest BCUT2D eigenvalue weighted by Gasteiger charge is -2.08. The fraction of sp³-hybridized carbons (Fsp3) is 0.176. The lowest BCUT2D eigenvalue weighted by atomic mass is 10.1. The fourth-order valence-electron chi connectivity index (χ4n) is 2.44. The van der Waals surface area contributed by atoms with Gasteiger partial charge < -0.3 is 9.30 Å². The largest absolute Gasteiger partial charge is 0.496 e. The average molecular weight is 280 g/mol. The number of nitrogens with zero attached hydrogens (tertiary/aromatic N) is 2. The minimum atomic E-state index is 0.127. The van der Waals surface area contributed by atoms with Gasteiger partial charge in [-0.2, -0.15) is 0 Å². The molecular weight excluding hydrogens is 264 g/mol. The van der Waals surface area contributed by atoms with Gasteiger partial charge in [0.15, 0.2) is 5.78 Å². The number of ketones is 1. The number of ether oxygens (including phenoxy) is 1. The second-order valence-corrected chi connectivity index (χ2v) is 4.89. The third-order valence-electron chi connectivity index (χ3n) is 3.45. The van der Waals surface area contributed by atoms with Crippen LogP contribution in [0.25, 0.3) is 11.0 Å². The molecule has 2 aromatic carbocycles. The lowest BCUT2D eigenvalue weighted by molar-refractivity contribution is -0.118. The summed E-state index contributed by atoms with van der Waals surface area (Å²) in [6.07, 6.45) is 2.07. The highest BCUT2D eigenvalue weighted by Crippen LogP contribution is 2.18. The quantitative estimate of drug-likeness (QED) is 0.722. The molecule has 0 aliphatic rings. The summed E-state index contributed by atoms with van der Waals surface area (Å²) in [5.74, 6) is 0.879. The highest BCUT2D eigenvalue weighted by atomic mass is 16.5. The number of aromatic nitrogens is 2. The number of Topliss-reactive ketones (excluding diaryl/α,β-unsaturated/α-hetero) is 1. The molecule has 0 aliphatic heterocycles. The van der Waals surface area contributed by atoms with E-state index < -0.39 is 0 Å². The minimum Gasteiger partial charge on any atom is -0.496 e. The van der Waals surface area contributed by atoms with Crippen LogP contribution in [0.2, 0.25) is 0 Å². The van der Waals surface area contributed by atoms with Crippen LogP contribution in [0.5, 0.6) is 5.75 Å². The van der Waals surface area contributed by atoms with Gasteiger partial charge in [0.05, 0.1) is 31.0 Å². The van der Waals surface area contributed by atoms with Gasteiger partial charge in [0, 0.05) is 12.0 Å². The molecule has 0 spiro atoms. The van der Waals surface area contributed by atoms with E-state index in [1.54, 1.807) is 13.4 Å². The molecule has 0 atom stereocenters. The number of hydrogen-bond acceptors (Lipinski definition) is 3. The summed E-state index contributed by atoms with van der Waals surface area (Å²) >= 11 is 0. The van der Waals surface area contributed by atoms with Crippen molar-refractivity contribution in [1.82, 2.24) is 9.55 Å². The summed E-state index contributed by atoms with van der Waals surface area (Å²) < 4.78 is 7.16. The molecule has 106 valence electrons. The van der Waals surface area contributed by atoms with Crippen LogP contribution in [0.4, 0.5) is 0 Å². The smallest absolute Gasteiger partial charge is 0.157 e. The van der Waals surface area contributed by atoms with Crippen LogP contribution in [-0.2, 0) is 17.8 Å². The number of benzene rings is 2. The summed E-state index contributed by atoms with van der Waals surface area (Å²) in [4.78, 5) is 16.6. The summed E-state index contributed by atoms with van der Waals surface area (Å²) in [6, 6.07) is 15.4. The van der Waals surface area contributed by atoms with Gasteiger partial charge in [-0.25, -0.2) is 4.98 Å². The van der Waals surface area contributed by atoms with Gasteiger partial charge in [-0.3, -0.25) is 4.79 Å². The minimum absolute atomic E-state index is 0.127. The van der Waals surface area contributed by atoms with Crippen molar-refractivity contribution in [2.45, 2.75) is 13.0 Å². The van der Waals surface area contributed by atoms with E-state index in [0.29, 0.717) is 13.0 Å². The maximum Gasteiger partial charge on any atom is 0.157 e. The van der Waals surface area contributed by atoms with Crippen LogP contribution in [-0.4, -0.2) is 22.4 Å². The van der Waals surface area contributed by atoms with Gasteiger partial charge >= 0.3 is 0 Å². The van der Waals surface area contributed by atoms with E-state index in [2.05, 4.69) is 4.98 Å². The van der Waals surface area contributed by atoms with Gasteiger partial charge in [-0.1, -0.05) is 30.3 Å². The SMILES string of the molecule is COc1ccccc1CC(=O)Cn1cnc2ccccc21. The van der Waals surface area contributed by atoms with Gasteiger partial charge in [-0.05, 0) is 18.2 Å². The molecule has 4 heteroatoms. The van der Waals surface area contributed by atoms with Crippen LogP contribution in [0.1, 0.15) is 5.56 Å². The Morgan fingerprint density at radius 1 is 1.14 bits per heavy atom. The fourth-order valence-corrected chi connectivity index (χ4v) is 2.44. The highest BCUT2D eigenvalue weighted by Gasteiger charge is 2.10. The topological polar surface area (TPSA) is 44.1 Å². The van der Waals surface area contributed by atoms with E-state index in [-0.39, 0.29) is 5.78 Å². The van der Waals surface area contributed by atoms with E-state index in [9.17, 15) is 4.79 Å². The van der Waals surface area contributed by atoms with Gasteiger partial charge in [-0.15, -0.1) is 0 Å². The third-order valence-corrected chi connectivity index (χ3v) is 3.45. The molecule has 1 heterocycles. The van der Waals surface area contributed by atoms with E-state index in [1.807, 2.05) is 53.1 Å². The van der Waals surface area contributed by atoms with Crippen LogP contribution < -0.4 is 4.74 Å². The first-order chi connectivity index (χ1) is 10.3. The summed E-state index contributed by atoms with van der Waals surface area (Å²) in [6.45, 7) is 0.318. The van der Waals surface area contributed by atoms with Crippen LogP contribution in [0, 0.1) is 0 Å². The highest BCUT2D eigenvalue weighted by molar-refractivity contribution is 5.83. The van der Waals surface area contributed by atoms with Gasteiger partial charge in [0.1, 0.15) is 5.75 Å². The number of methoxy groups -OCH3 is 1. The average Bonchev–Trinajstić information content (AvgIpc) is 2.91. The maximum atomic E-state index is 12.3. The maximum absolute atomic E-state index is 12.3. The van der Waals surface area contributed by atoms with Crippen LogP contribution >= 0.6 is 0 Å². The van der Waals surface area contributed by atoms with E-state index >= 15 is 0 Å².